The Morgan fingerprint density at radius 3 is 2.04 bits per heavy atom. The van der Waals surface area contributed by atoms with E-state index in [1.807, 2.05) is 25.7 Å². The van der Waals surface area contributed by atoms with Crippen LogP contribution in [0.5, 0.6) is 0 Å². The molecule has 0 unspecified atom stereocenters. The van der Waals surface area contributed by atoms with Crippen LogP contribution in [0.1, 0.15) is 92.4 Å². The maximum absolute atomic E-state index is 12.5. The van der Waals surface area contributed by atoms with E-state index in [-0.39, 0.29) is 23.8 Å². The third-order valence-corrected chi connectivity index (χ3v) is 3.91. The zero-order valence-corrected chi connectivity index (χ0v) is 16.0. The first kappa shape index (κ1) is 21.9. The summed E-state index contributed by atoms with van der Waals surface area (Å²) in [5.74, 6) is -0.0567. The first-order valence-corrected chi connectivity index (χ1v) is 9.29. The SMILES string of the molecule is CCCCCCCC(=O)N(CCC(=O)OCCCC)C(C)(C)C. The summed E-state index contributed by atoms with van der Waals surface area (Å²) >= 11 is 0. The van der Waals surface area contributed by atoms with Gasteiger partial charge < -0.3 is 9.64 Å². The fourth-order valence-electron chi connectivity index (χ4n) is 2.45. The second-order valence-corrected chi connectivity index (χ2v) is 7.20. The van der Waals surface area contributed by atoms with Gasteiger partial charge in [-0.05, 0) is 33.6 Å². The lowest BCUT2D eigenvalue weighted by molar-refractivity contribution is -0.145. The van der Waals surface area contributed by atoms with E-state index in [1.54, 1.807) is 0 Å². The molecule has 4 nitrogen and oxygen atoms in total. The van der Waals surface area contributed by atoms with E-state index >= 15 is 0 Å². The number of rotatable bonds is 12. The fraction of sp³-hybridized carbons (Fsp3) is 0.895. The third-order valence-electron chi connectivity index (χ3n) is 3.91. The highest BCUT2D eigenvalue weighted by atomic mass is 16.5. The Morgan fingerprint density at radius 2 is 1.48 bits per heavy atom. The summed E-state index contributed by atoms with van der Waals surface area (Å²) in [6.07, 6.45) is 8.45. The first-order chi connectivity index (χ1) is 10.8. The Hall–Kier alpha value is -1.06. The average molecular weight is 328 g/mol. The normalized spacial score (nSPS) is 11.3. The van der Waals surface area contributed by atoms with Crippen molar-refractivity contribution in [3.8, 4) is 0 Å². The van der Waals surface area contributed by atoms with Crippen molar-refractivity contribution in [1.82, 2.24) is 4.90 Å². The van der Waals surface area contributed by atoms with Gasteiger partial charge in [-0.25, -0.2) is 0 Å². The lowest BCUT2D eigenvalue weighted by atomic mass is 10.0. The topological polar surface area (TPSA) is 46.6 Å². The Bertz CT molecular complexity index is 334. The summed E-state index contributed by atoms with van der Waals surface area (Å²) < 4.78 is 5.17. The number of carbonyl (C=O) groups is 2. The molecule has 23 heavy (non-hydrogen) atoms. The van der Waals surface area contributed by atoms with Gasteiger partial charge in [-0.1, -0.05) is 46.0 Å². The third kappa shape index (κ3) is 11.2. The summed E-state index contributed by atoms with van der Waals surface area (Å²) in [4.78, 5) is 26.0. The molecule has 0 aromatic heterocycles. The van der Waals surface area contributed by atoms with Gasteiger partial charge in [0.15, 0.2) is 0 Å². The van der Waals surface area contributed by atoms with Crippen LogP contribution in [0, 0.1) is 0 Å². The van der Waals surface area contributed by atoms with Gasteiger partial charge in [0.25, 0.3) is 0 Å². The first-order valence-electron chi connectivity index (χ1n) is 9.29. The van der Waals surface area contributed by atoms with Gasteiger partial charge in [-0.2, -0.15) is 0 Å². The van der Waals surface area contributed by atoms with Crippen LogP contribution in [0.4, 0.5) is 0 Å². The molecule has 0 saturated heterocycles. The van der Waals surface area contributed by atoms with Gasteiger partial charge in [-0.3, -0.25) is 9.59 Å². The lowest BCUT2D eigenvalue weighted by Crippen LogP contribution is -2.46. The molecule has 0 spiro atoms. The maximum atomic E-state index is 12.5. The monoisotopic (exact) mass is 327 g/mol. The maximum Gasteiger partial charge on any atom is 0.307 e. The van der Waals surface area contributed by atoms with Crippen LogP contribution in [0.25, 0.3) is 0 Å². The zero-order chi connectivity index (χ0) is 17.7. The highest BCUT2D eigenvalue weighted by Crippen LogP contribution is 2.17. The van der Waals surface area contributed by atoms with Crippen molar-refractivity contribution in [2.75, 3.05) is 13.2 Å². The van der Waals surface area contributed by atoms with Crippen LogP contribution < -0.4 is 0 Å². The molecular formula is C19H37NO3. The largest absolute Gasteiger partial charge is 0.466 e. The van der Waals surface area contributed by atoms with Gasteiger partial charge in [-0.15, -0.1) is 0 Å². The van der Waals surface area contributed by atoms with Crippen LogP contribution in [0.15, 0.2) is 0 Å². The van der Waals surface area contributed by atoms with Crippen molar-refractivity contribution in [2.24, 2.45) is 0 Å². The highest BCUT2D eigenvalue weighted by Gasteiger charge is 2.26. The van der Waals surface area contributed by atoms with Crippen LogP contribution in [0.2, 0.25) is 0 Å². The molecule has 4 heteroatoms. The molecule has 0 atom stereocenters. The van der Waals surface area contributed by atoms with E-state index in [0.717, 1.165) is 25.7 Å². The van der Waals surface area contributed by atoms with Crippen molar-refractivity contribution in [1.29, 1.82) is 0 Å². The molecule has 1 amide bonds. The number of amides is 1. The van der Waals surface area contributed by atoms with Crippen LogP contribution in [-0.4, -0.2) is 35.5 Å². The summed E-state index contributed by atoms with van der Waals surface area (Å²) in [6.45, 7) is 11.2. The molecule has 0 heterocycles. The predicted molar refractivity (Wildman–Crippen MR) is 95.3 cm³/mol. The zero-order valence-electron chi connectivity index (χ0n) is 16.0. The summed E-state index contributed by atoms with van der Waals surface area (Å²) in [5.41, 5.74) is -0.260. The van der Waals surface area contributed by atoms with E-state index in [2.05, 4.69) is 13.8 Å². The second kappa shape index (κ2) is 12.4. The van der Waals surface area contributed by atoms with E-state index < -0.39 is 0 Å². The standard InChI is InChI=1S/C19H37NO3/c1-6-8-10-11-12-13-17(21)20(19(3,4)5)15-14-18(22)23-16-9-7-2/h6-16H2,1-5H3. The van der Waals surface area contributed by atoms with Gasteiger partial charge in [0, 0.05) is 18.5 Å². The summed E-state index contributed by atoms with van der Waals surface area (Å²) in [7, 11) is 0. The van der Waals surface area contributed by atoms with Crippen molar-refractivity contribution >= 4 is 11.9 Å². The molecule has 0 aliphatic rings. The van der Waals surface area contributed by atoms with Gasteiger partial charge >= 0.3 is 5.97 Å². The highest BCUT2D eigenvalue weighted by molar-refractivity contribution is 5.78. The molecule has 0 bridgehead atoms. The molecule has 0 fully saturated rings. The number of carbonyl (C=O) groups excluding carboxylic acids is 2. The predicted octanol–water partition coefficient (Wildman–Crippen LogP) is 4.71. The molecule has 136 valence electrons. The Labute approximate surface area is 143 Å². The van der Waals surface area contributed by atoms with Crippen molar-refractivity contribution < 1.29 is 14.3 Å². The van der Waals surface area contributed by atoms with E-state index in [4.69, 9.17) is 4.74 Å². The minimum Gasteiger partial charge on any atom is -0.466 e. The van der Waals surface area contributed by atoms with Crippen molar-refractivity contribution in [3.05, 3.63) is 0 Å². The molecule has 0 aromatic carbocycles. The molecular weight excluding hydrogens is 290 g/mol. The summed E-state index contributed by atoms with van der Waals surface area (Å²) in [6, 6.07) is 0. The Morgan fingerprint density at radius 1 is 0.870 bits per heavy atom. The van der Waals surface area contributed by atoms with Crippen LogP contribution >= 0.6 is 0 Å². The minimum absolute atomic E-state index is 0.148. The van der Waals surface area contributed by atoms with Crippen LogP contribution in [-0.2, 0) is 14.3 Å². The number of esters is 1. The molecule has 0 aliphatic carbocycles. The summed E-state index contributed by atoms with van der Waals surface area (Å²) in [5, 5.41) is 0. The fourth-order valence-corrected chi connectivity index (χ4v) is 2.45. The smallest absolute Gasteiger partial charge is 0.307 e. The second-order valence-electron chi connectivity index (χ2n) is 7.20. The van der Waals surface area contributed by atoms with E-state index in [9.17, 15) is 9.59 Å². The Balaban J connectivity index is 4.25. The van der Waals surface area contributed by atoms with Gasteiger partial charge in [0.2, 0.25) is 5.91 Å². The number of ether oxygens (including phenoxy) is 1. The van der Waals surface area contributed by atoms with Crippen molar-refractivity contribution in [3.63, 3.8) is 0 Å². The Kier molecular flexibility index (Phi) is 11.8. The van der Waals surface area contributed by atoms with Crippen molar-refractivity contribution in [2.45, 2.75) is 97.9 Å². The molecule has 0 radical (unpaired) electrons. The van der Waals surface area contributed by atoms with Crippen LogP contribution in [0.3, 0.4) is 0 Å². The number of hydrogen-bond acceptors (Lipinski definition) is 3. The van der Waals surface area contributed by atoms with E-state index in [1.165, 1.54) is 19.3 Å². The lowest BCUT2D eigenvalue weighted by Gasteiger charge is -2.35. The molecule has 0 saturated carbocycles. The molecule has 0 N–H and O–H groups in total. The average Bonchev–Trinajstić information content (AvgIpc) is 2.46. The number of nitrogens with zero attached hydrogens (tertiary/aromatic N) is 1. The molecule has 0 aliphatic heterocycles. The number of hydrogen-bond donors (Lipinski definition) is 0. The molecule has 0 aromatic rings. The van der Waals surface area contributed by atoms with Gasteiger partial charge in [0.05, 0.1) is 13.0 Å². The van der Waals surface area contributed by atoms with E-state index in [0.29, 0.717) is 19.6 Å². The minimum atomic E-state index is -0.260. The number of unbranched alkanes of at least 4 members (excludes halogenated alkanes) is 5. The molecule has 0 rings (SSSR count). The quantitative estimate of drug-likeness (QED) is 0.385. The van der Waals surface area contributed by atoms with Gasteiger partial charge in [0.1, 0.15) is 0 Å².